The minimum atomic E-state index is -0.0991. The van der Waals surface area contributed by atoms with Gasteiger partial charge in [-0.2, -0.15) is 5.10 Å². The monoisotopic (exact) mass is 338 g/mol. The Bertz CT molecular complexity index is 626. The first kappa shape index (κ1) is 16.1. The fourth-order valence-corrected chi connectivity index (χ4v) is 3.26. The zero-order chi connectivity index (χ0) is 15.1. The number of thioether (sulfide) groups is 1. The molecule has 110 valence electrons. The van der Waals surface area contributed by atoms with E-state index in [4.69, 9.17) is 11.6 Å². The molecule has 1 amide bonds. The van der Waals surface area contributed by atoms with Gasteiger partial charge >= 0.3 is 0 Å². The number of hydrogen-bond donors (Lipinski definition) is 1. The molecule has 0 saturated carbocycles. The maximum Gasteiger partial charge on any atom is 0.250 e. The van der Waals surface area contributed by atoms with Crippen molar-refractivity contribution in [3.05, 3.63) is 57.2 Å². The Balaban J connectivity index is 1.74. The van der Waals surface area contributed by atoms with Crippen molar-refractivity contribution in [2.24, 2.45) is 5.10 Å². The van der Waals surface area contributed by atoms with Gasteiger partial charge in [-0.25, -0.2) is 5.43 Å². The van der Waals surface area contributed by atoms with Crippen molar-refractivity contribution < 1.29 is 4.79 Å². The van der Waals surface area contributed by atoms with E-state index in [0.717, 1.165) is 21.9 Å². The van der Waals surface area contributed by atoms with Crippen LogP contribution < -0.4 is 5.43 Å². The molecule has 0 spiro atoms. The van der Waals surface area contributed by atoms with E-state index in [0.29, 0.717) is 10.8 Å². The molecule has 0 saturated heterocycles. The highest BCUT2D eigenvalue weighted by Crippen LogP contribution is 2.16. The van der Waals surface area contributed by atoms with Crippen LogP contribution in [0.4, 0.5) is 0 Å². The molecule has 0 aliphatic carbocycles. The molecule has 0 bridgehead atoms. The van der Waals surface area contributed by atoms with Gasteiger partial charge in [-0.15, -0.1) is 23.1 Å². The quantitative estimate of drug-likeness (QED) is 0.634. The third-order valence-electron chi connectivity index (χ3n) is 2.62. The van der Waals surface area contributed by atoms with Gasteiger partial charge in [0.2, 0.25) is 5.91 Å². The highest BCUT2D eigenvalue weighted by molar-refractivity contribution is 7.99. The summed E-state index contributed by atoms with van der Waals surface area (Å²) >= 11 is 9.05. The number of benzene rings is 1. The van der Waals surface area contributed by atoms with Crippen molar-refractivity contribution in [3.8, 4) is 0 Å². The summed E-state index contributed by atoms with van der Waals surface area (Å²) in [6.45, 7) is 1.88. The van der Waals surface area contributed by atoms with Crippen LogP contribution in [0.3, 0.4) is 0 Å². The first-order valence-corrected chi connectivity index (χ1v) is 8.75. The SMILES string of the molecule is C/C(=N/NC(=O)CSCc1cccc(Cl)c1)c1cccs1. The van der Waals surface area contributed by atoms with Gasteiger partial charge in [-0.1, -0.05) is 29.8 Å². The summed E-state index contributed by atoms with van der Waals surface area (Å²) in [6.07, 6.45) is 0. The first-order chi connectivity index (χ1) is 10.1. The maximum absolute atomic E-state index is 11.7. The fraction of sp³-hybridized carbons (Fsp3) is 0.200. The lowest BCUT2D eigenvalue weighted by atomic mass is 10.2. The molecule has 1 aromatic carbocycles. The number of nitrogens with one attached hydrogen (secondary N) is 1. The van der Waals surface area contributed by atoms with Gasteiger partial charge in [0.15, 0.2) is 0 Å². The van der Waals surface area contributed by atoms with Crippen molar-refractivity contribution in [1.29, 1.82) is 0 Å². The summed E-state index contributed by atoms with van der Waals surface area (Å²) in [7, 11) is 0. The average molecular weight is 339 g/mol. The molecule has 21 heavy (non-hydrogen) atoms. The van der Waals surface area contributed by atoms with Crippen molar-refractivity contribution in [3.63, 3.8) is 0 Å². The van der Waals surface area contributed by atoms with E-state index in [-0.39, 0.29) is 5.91 Å². The second kappa shape index (κ2) is 8.22. The summed E-state index contributed by atoms with van der Waals surface area (Å²) in [6, 6.07) is 11.6. The molecular weight excluding hydrogens is 324 g/mol. The predicted molar refractivity (Wildman–Crippen MR) is 92.3 cm³/mol. The van der Waals surface area contributed by atoms with Gasteiger partial charge in [0.25, 0.3) is 0 Å². The van der Waals surface area contributed by atoms with Crippen LogP contribution in [0.5, 0.6) is 0 Å². The summed E-state index contributed by atoms with van der Waals surface area (Å²) < 4.78 is 0. The molecule has 2 rings (SSSR count). The minimum absolute atomic E-state index is 0.0991. The van der Waals surface area contributed by atoms with E-state index in [2.05, 4.69) is 10.5 Å². The molecule has 6 heteroatoms. The topological polar surface area (TPSA) is 41.5 Å². The lowest BCUT2D eigenvalue weighted by Gasteiger charge is -2.03. The average Bonchev–Trinajstić information content (AvgIpc) is 2.99. The van der Waals surface area contributed by atoms with Crippen LogP contribution >= 0.6 is 34.7 Å². The van der Waals surface area contributed by atoms with Gasteiger partial charge in [0.1, 0.15) is 0 Å². The van der Waals surface area contributed by atoms with Crippen LogP contribution in [0.15, 0.2) is 46.9 Å². The molecule has 1 N–H and O–H groups in total. The highest BCUT2D eigenvalue weighted by atomic mass is 35.5. The van der Waals surface area contributed by atoms with Crippen molar-refractivity contribution in [1.82, 2.24) is 5.43 Å². The van der Waals surface area contributed by atoms with Crippen molar-refractivity contribution >= 4 is 46.3 Å². The van der Waals surface area contributed by atoms with Crippen LogP contribution in [0.25, 0.3) is 0 Å². The van der Waals surface area contributed by atoms with Crippen LogP contribution in [0.2, 0.25) is 5.02 Å². The van der Waals surface area contributed by atoms with Gasteiger partial charge in [0.05, 0.1) is 11.5 Å². The first-order valence-electron chi connectivity index (χ1n) is 6.34. The summed E-state index contributed by atoms with van der Waals surface area (Å²) in [5, 5.41) is 6.80. The lowest BCUT2D eigenvalue weighted by Crippen LogP contribution is -2.21. The van der Waals surface area contributed by atoms with Crippen molar-refractivity contribution in [2.45, 2.75) is 12.7 Å². The number of thiophene rings is 1. The number of carbonyl (C=O) groups is 1. The second-order valence-electron chi connectivity index (χ2n) is 4.33. The van der Waals surface area contributed by atoms with Crippen LogP contribution in [0.1, 0.15) is 17.4 Å². The summed E-state index contributed by atoms with van der Waals surface area (Å²) in [5.41, 5.74) is 4.50. The Morgan fingerprint density at radius 2 is 2.24 bits per heavy atom. The van der Waals surface area contributed by atoms with Gasteiger partial charge in [-0.3, -0.25) is 4.79 Å². The Morgan fingerprint density at radius 3 is 2.95 bits per heavy atom. The highest BCUT2D eigenvalue weighted by Gasteiger charge is 2.03. The molecule has 2 aromatic rings. The largest absolute Gasteiger partial charge is 0.272 e. The molecule has 3 nitrogen and oxygen atoms in total. The van der Waals surface area contributed by atoms with Gasteiger partial charge < -0.3 is 0 Å². The number of rotatable bonds is 6. The van der Waals surface area contributed by atoms with E-state index >= 15 is 0 Å². The van der Waals surface area contributed by atoms with Gasteiger partial charge in [-0.05, 0) is 36.1 Å². The minimum Gasteiger partial charge on any atom is -0.272 e. The van der Waals surface area contributed by atoms with Crippen molar-refractivity contribution in [2.75, 3.05) is 5.75 Å². The molecule has 1 aromatic heterocycles. The van der Waals surface area contributed by atoms with E-state index in [9.17, 15) is 4.79 Å². The molecule has 0 unspecified atom stereocenters. The Labute approximate surface area is 137 Å². The normalized spacial score (nSPS) is 11.4. The third-order valence-corrected chi connectivity index (χ3v) is 4.83. The van der Waals surface area contributed by atoms with Gasteiger partial charge in [0, 0.05) is 15.7 Å². The van der Waals surface area contributed by atoms with Crippen LogP contribution in [-0.2, 0) is 10.5 Å². The summed E-state index contributed by atoms with van der Waals surface area (Å²) in [4.78, 5) is 12.8. The Morgan fingerprint density at radius 1 is 1.38 bits per heavy atom. The molecule has 0 aliphatic heterocycles. The van der Waals surface area contributed by atoms with E-state index in [1.807, 2.05) is 48.7 Å². The van der Waals surface area contributed by atoms with E-state index in [1.54, 1.807) is 11.3 Å². The van der Waals surface area contributed by atoms with Crippen LogP contribution in [-0.4, -0.2) is 17.4 Å². The molecule has 0 radical (unpaired) electrons. The number of amides is 1. The standard InChI is InChI=1S/C15H15ClN2OS2/c1-11(14-6-3-7-21-14)17-18-15(19)10-20-9-12-4-2-5-13(16)8-12/h2-8H,9-10H2,1H3,(H,18,19)/b17-11-. The molecule has 0 fully saturated rings. The lowest BCUT2D eigenvalue weighted by molar-refractivity contribution is -0.118. The Hall–Kier alpha value is -1.30. The molecule has 0 atom stereocenters. The number of halogens is 1. The fourth-order valence-electron chi connectivity index (χ4n) is 1.61. The number of hydrogen-bond acceptors (Lipinski definition) is 4. The van der Waals surface area contributed by atoms with Crippen LogP contribution in [0, 0.1) is 0 Å². The maximum atomic E-state index is 11.7. The summed E-state index contributed by atoms with van der Waals surface area (Å²) in [5.74, 6) is 1.02. The zero-order valence-electron chi connectivity index (χ0n) is 11.5. The molecular formula is C15H15ClN2OS2. The Kier molecular flexibility index (Phi) is 6.29. The molecule has 0 aliphatic rings. The van der Waals surface area contributed by atoms with E-state index in [1.165, 1.54) is 11.8 Å². The number of carbonyl (C=O) groups excluding carboxylic acids is 1. The van der Waals surface area contributed by atoms with E-state index < -0.39 is 0 Å². The second-order valence-corrected chi connectivity index (χ2v) is 6.70. The predicted octanol–water partition coefficient (Wildman–Crippen LogP) is 4.18. The number of hydrazone groups is 1. The zero-order valence-corrected chi connectivity index (χ0v) is 13.9. The molecule has 1 heterocycles. The third kappa shape index (κ3) is 5.53. The number of nitrogens with zero attached hydrogens (tertiary/aromatic N) is 1. The smallest absolute Gasteiger partial charge is 0.250 e.